The summed E-state index contributed by atoms with van der Waals surface area (Å²) >= 11 is 1.70. The third kappa shape index (κ3) is 3.34. The van der Waals surface area contributed by atoms with Crippen molar-refractivity contribution >= 4 is 11.3 Å². The number of ether oxygens (including phenoxy) is 1. The second-order valence-corrected chi connectivity index (χ2v) is 6.70. The van der Waals surface area contributed by atoms with Crippen molar-refractivity contribution in [3.8, 4) is 0 Å². The summed E-state index contributed by atoms with van der Waals surface area (Å²) in [6.45, 7) is 4.34. The van der Waals surface area contributed by atoms with Crippen molar-refractivity contribution in [2.45, 2.75) is 57.6 Å². The van der Waals surface area contributed by atoms with Gasteiger partial charge in [-0.1, -0.05) is 6.92 Å². The number of nitrogens with two attached hydrogens (primary N) is 1. The first kappa shape index (κ1) is 14.9. The number of hydrazine groups is 1. The highest BCUT2D eigenvalue weighted by Gasteiger charge is 2.41. The number of aryl methyl sites for hydroxylation is 1. The van der Waals surface area contributed by atoms with E-state index >= 15 is 0 Å². The number of hydrogen-bond acceptors (Lipinski definition) is 5. The molecule has 1 heterocycles. The summed E-state index contributed by atoms with van der Waals surface area (Å²) in [5.41, 5.74) is 3.92. The Bertz CT molecular complexity index is 399. The van der Waals surface area contributed by atoms with Crippen LogP contribution in [0.4, 0.5) is 0 Å². The Morgan fingerprint density at radius 3 is 2.74 bits per heavy atom. The minimum absolute atomic E-state index is 0.135. The van der Waals surface area contributed by atoms with Crippen LogP contribution in [0.3, 0.4) is 0 Å². The van der Waals surface area contributed by atoms with Gasteiger partial charge in [-0.25, -0.2) is 4.98 Å². The number of aromatic nitrogens is 1. The lowest BCUT2D eigenvalue weighted by Gasteiger charge is -2.43. The van der Waals surface area contributed by atoms with Gasteiger partial charge in [0.05, 0.1) is 16.7 Å². The van der Waals surface area contributed by atoms with Gasteiger partial charge in [-0.2, -0.15) is 0 Å². The molecule has 2 rings (SSSR count). The molecule has 0 bridgehead atoms. The van der Waals surface area contributed by atoms with Gasteiger partial charge in [0.25, 0.3) is 0 Å². The van der Waals surface area contributed by atoms with Gasteiger partial charge in [-0.3, -0.25) is 11.3 Å². The van der Waals surface area contributed by atoms with E-state index < -0.39 is 0 Å². The Hall–Kier alpha value is -0.490. The second kappa shape index (κ2) is 6.31. The first-order valence-electron chi connectivity index (χ1n) is 7.02. The summed E-state index contributed by atoms with van der Waals surface area (Å²) in [6, 6.07) is 0.135. The molecule has 1 unspecified atom stereocenters. The van der Waals surface area contributed by atoms with Gasteiger partial charge in [0, 0.05) is 24.6 Å². The van der Waals surface area contributed by atoms with E-state index in [-0.39, 0.29) is 11.6 Å². The Morgan fingerprint density at radius 1 is 1.58 bits per heavy atom. The van der Waals surface area contributed by atoms with Crippen molar-refractivity contribution in [2.75, 3.05) is 7.11 Å². The largest absolute Gasteiger partial charge is 0.377 e. The predicted octanol–water partition coefficient (Wildman–Crippen LogP) is 2.42. The highest BCUT2D eigenvalue weighted by atomic mass is 32.1. The lowest BCUT2D eigenvalue weighted by atomic mass is 9.74. The van der Waals surface area contributed by atoms with Gasteiger partial charge in [0.2, 0.25) is 0 Å². The fraction of sp³-hybridized carbons (Fsp3) is 0.786. The van der Waals surface area contributed by atoms with E-state index in [1.807, 2.05) is 14.0 Å². The van der Waals surface area contributed by atoms with Crippen molar-refractivity contribution in [1.29, 1.82) is 0 Å². The zero-order chi connectivity index (χ0) is 13.9. The van der Waals surface area contributed by atoms with Crippen LogP contribution in [0.25, 0.3) is 0 Å². The number of methoxy groups -OCH3 is 1. The van der Waals surface area contributed by atoms with Crippen LogP contribution in [0.2, 0.25) is 0 Å². The molecule has 1 aromatic heterocycles. The summed E-state index contributed by atoms with van der Waals surface area (Å²) < 4.78 is 5.89. The van der Waals surface area contributed by atoms with Crippen LogP contribution < -0.4 is 11.3 Å². The fourth-order valence-corrected chi connectivity index (χ4v) is 3.83. The lowest BCUT2D eigenvalue weighted by Crippen LogP contribution is -2.57. The monoisotopic (exact) mass is 283 g/mol. The molecular weight excluding hydrogens is 258 g/mol. The van der Waals surface area contributed by atoms with Gasteiger partial charge in [-0.05, 0) is 38.5 Å². The first-order valence-corrected chi connectivity index (χ1v) is 7.90. The molecule has 1 fully saturated rings. The molecule has 0 spiro atoms. The number of nitrogens with zero attached hydrogens (tertiary/aromatic N) is 1. The Morgan fingerprint density at radius 2 is 2.26 bits per heavy atom. The fourth-order valence-electron chi connectivity index (χ4n) is 3.01. The molecule has 1 aliphatic carbocycles. The topological polar surface area (TPSA) is 60.2 Å². The van der Waals surface area contributed by atoms with E-state index in [9.17, 15) is 0 Å². The Balaban J connectivity index is 2.10. The third-order valence-corrected chi connectivity index (χ3v) is 5.40. The normalized spacial score (nSPS) is 29.4. The summed E-state index contributed by atoms with van der Waals surface area (Å²) in [5, 5.41) is 3.22. The molecule has 1 saturated carbocycles. The molecular formula is C14H25N3OS. The minimum atomic E-state index is -0.138. The molecule has 1 atom stereocenters. The van der Waals surface area contributed by atoms with Crippen LogP contribution >= 0.6 is 11.3 Å². The number of rotatable bonds is 5. The van der Waals surface area contributed by atoms with E-state index in [1.54, 1.807) is 11.3 Å². The smallest absolute Gasteiger partial charge is 0.0945 e. The number of nitrogens with one attached hydrogen (secondary N) is 1. The second-order valence-electron chi connectivity index (χ2n) is 5.76. The van der Waals surface area contributed by atoms with Crippen molar-refractivity contribution in [2.24, 2.45) is 11.8 Å². The van der Waals surface area contributed by atoms with E-state index in [4.69, 9.17) is 10.6 Å². The van der Waals surface area contributed by atoms with Crippen LogP contribution in [0, 0.1) is 12.8 Å². The third-order valence-electron chi connectivity index (χ3n) is 4.41. The van der Waals surface area contributed by atoms with Gasteiger partial charge in [-0.15, -0.1) is 11.3 Å². The van der Waals surface area contributed by atoms with Crippen molar-refractivity contribution in [1.82, 2.24) is 10.4 Å². The molecule has 0 aromatic carbocycles. The highest BCUT2D eigenvalue weighted by molar-refractivity contribution is 7.09. The maximum atomic E-state index is 5.89. The van der Waals surface area contributed by atoms with Crippen molar-refractivity contribution in [3.05, 3.63) is 16.1 Å². The van der Waals surface area contributed by atoms with Crippen LogP contribution in [0.1, 0.15) is 43.3 Å². The van der Waals surface area contributed by atoms with Gasteiger partial charge < -0.3 is 4.74 Å². The number of thiazole rings is 1. The Labute approximate surface area is 119 Å². The van der Waals surface area contributed by atoms with Crippen LogP contribution in [0.15, 0.2) is 5.38 Å². The number of hydrogen-bond donors (Lipinski definition) is 2. The first-order chi connectivity index (χ1) is 9.09. The molecule has 0 saturated heterocycles. The standard InChI is InChI=1S/C14H25N3OS/c1-10-4-6-14(18-3,7-5-10)12(17-15)8-13-16-11(2)9-19-13/h9-10,12,17H,4-8,15H2,1-3H3. The molecule has 4 nitrogen and oxygen atoms in total. The average Bonchev–Trinajstić information content (AvgIpc) is 2.83. The van der Waals surface area contributed by atoms with Crippen LogP contribution in [-0.2, 0) is 11.2 Å². The predicted molar refractivity (Wildman–Crippen MR) is 79.0 cm³/mol. The molecule has 1 aromatic rings. The molecule has 19 heavy (non-hydrogen) atoms. The SMILES string of the molecule is COC1(C(Cc2nc(C)cs2)NN)CCC(C)CC1. The summed E-state index contributed by atoms with van der Waals surface area (Å²) in [7, 11) is 1.81. The minimum Gasteiger partial charge on any atom is -0.377 e. The van der Waals surface area contributed by atoms with E-state index in [0.717, 1.165) is 35.9 Å². The quantitative estimate of drug-likeness (QED) is 0.643. The maximum Gasteiger partial charge on any atom is 0.0945 e. The Kier molecular flexibility index (Phi) is 4.95. The zero-order valence-corrected chi connectivity index (χ0v) is 12.9. The van der Waals surface area contributed by atoms with E-state index in [1.165, 1.54) is 12.8 Å². The van der Waals surface area contributed by atoms with Crippen molar-refractivity contribution in [3.63, 3.8) is 0 Å². The summed E-state index contributed by atoms with van der Waals surface area (Å²) in [6.07, 6.45) is 5.41. The molecule has 1 aliphatic rings. The average molecular weight is 283 g/mol. The van der Waals surface area contributed by atoms with E-state index in [0.29, 0.717) is 0 Å². The van der Waals surface area contributed by atoms with Crippen LogP contribution in [-0.4, -0.2) is 23.7 Å². The zero-order valence-electron chi connectivity index (χ0n) is 12.1. The molecule has 5 heteroatoms. The summed E-state index contributed by atoms with van der Waals surface area (Å²) in [4.78, 5) is 4.54. The van der Waals surface area contributed by atoms with Crippen LogP contribution in [0.5, 0.6) is 0 Å². The van der Waals surface area contributed by atoms with E-state index in [2.05, 4.69) is 22.7 Å². The van der Waals surface area contributed by atoms with Crippen molar-refractivity contribution < 1.29 is 4.74 Å². The molecule has 3 N–H and O–H groups in total. The molecule has 0 aliphatic heterocycles. The van der Waals surface area contributed by atoms with Gasteiger partial charge in [0.1, 0.15) is 0 Å². The highest BCUT2D eigenvalue weighted by Crippen LogP contribution is 2.37. The van der Waals surface area contributed by atoms with Gasteiger partial charge in [0.15, 0.2) is 0 Å². The molecule has 108 valence electrons. The lowest BCUT2D eigenvalue weighted by molar-refractivity contribution is -0.0746. The summed E-state index contributed by atoms with van der Waals surface area (Å²) in [5.74, 6) is 6.60. The maximum absolute atomic E-state index is 5.89. The molecule has 0 amide bonds. The molecule has 0 radical (unpaired) electrons. The van der Waals surface area contributed by atoms with Gasteiger partial charge >= 0.3 is 0 Å².